The predicted octanol–water partition coefficient (Wildman–Crippen LogP) is 1.87. The van der Waals surface area contributed by atoms with E-state index in [4.69, 9.17) is 14.2 Å². The molecule has 0 spiro atoms. The summed E-state index contributed by atoms with van der Waals surface area (Å²) in [5.74, 6) is -1.87. The molecule has 1 aromatic rings. The third-order valence-electron chi connectivity index (χ3n) is 4.62. The summed E-state index contributed by atoms with van der Waals surface area (Å²) in [5, 5.41) is 5.15. The summed E-state index contributed by atoms with van der Waals surface area (Å²) in [5.41, 5.74) is 1.61. The average molecular weight is 421 g/mol. The third kappa shape index (κ3) is 4.81. The fourth-order valence-electron chi connectivity index (χ4n) is 3.25. The van der Waals surface area contributed by atoms with Crippen LogP contribution in [0.1, 0.15) is 59.3 Å². The van der Waals surface area contributed by atoms with E-state index in [1.54, 1.807) is 34.6 Å². The van der Waals surface area contributed by atoms with E-state index in [0.717, 1.165) is 0 Å². The minimum atomic E-state index is -0.734. The second-order valence-corrected chi connectivity index (χ2v) is 6.59. The molecule has 1 atom stereocenters. The van der Waals surface area contributed by atoms with Crippen molar-refractivity contribution < 1.29 is 33.4 Å². The lowest BCUT2D eigenvalue weighted by atomic mass is 10.0. The van der Waals surface area contributed by atoms with Gasteiger partial charge in [0.1, 0.15) is 12.3 Å². The zero-order valence-electron chi connectivity index (χ0n) is 17.8. The summed E-state index contributed by atoms with van der Waals surface area (Å²) in [4.78, 5) is 51.8. The number of aromatic nitrogens is 1. The van der Waals surface area contributed by atoms with Crippen LogP contribution in [0.5, 0.6) is 0 Å². The van der Waals surface area contributed by atoms with Gasteiger partial charge in [0.25, 0.3) is 0 Å². The molecule has 0 saturated carbocycles. The van der Waals surface area contributed by atoms with Crippen molar-refractivity contribution in [3.63, 3.8) is 0 Å². The SMILES string of the molecule is CCOC(=O)C1=C(COC(=O)c2[nH]c(C)c(C(=O)OCC)c2C)NC(=O)N[C@H]1CC. The highest BCUT2D eigenvalue weighted by Crippen LogP contribution is 2.21. The van der Waals surface area contributed by atoms with E-state index in [1.165, 1.54) is 0 Å². The van der Waals surface area contributed by atoms with E-state index in [-0.39, 0.29) is 42.3 Å². The minimum absolute atomic E-state index is 0.0983. The molecule has 1 aliphatic rings. The van der Waals surface area contributed by atoms with Gasteiger partial charge in [0.05, 0.1) is 36.1 Å². The molecule has 3 N–H and O–H groups in total. The van der Waals surface area contributed by atoms with Crippen molar-refractivity contribution in [1.82, 2.24) is 15.6 Å². The number of amides is 2. The van der Waals surface area contributed by atoms with Gasteiger partial charge < -0.3 is 29.8 Å². The summed E-state index contributed by atoms with van der Waals surface area (Å²) >= 11 is 0. The van der Waals surface area contributed by atoms with E-state index >= 15 is 0 Å². The molecule has 0 saturated heterocycles. The number of hydrogen-bond donors (Lipinski definition) is 3. The molecule has 10 nitrogen and oxygen atoms in total. The monoisotopic (exact) mass is 421 g/mol. The van der Waals surface area contributed by atoms with Crippen molar-refractivity contribution in [2.24, 2.45) is 0 Å². The standard InChI is InChI=1S/C20H27N3O7/c1-6-12-15(18(25)29-8-3)13(23-20(27)22-12)9-30-19(26)16-10(4)14(11(5)21-16)17(24)28-7-2/h12,21H,6-9H2,1-5H3,(H2,22,23,27)/t12-/m0/s1. The predicted molar refractivity (Wildman–Crippen MR) is 106 cm³/mol. The number of H-pyrrole nitrogens is 1. The van der Waals surface area contributed by atoms with Crippen LogP contribution in [0.15, 0.2) is 11.3 Å². The maximum Gasteiger partial charge on any atom is 0.355 e. The Morgan fingerprint density at radius 3 is 2.17 bits per heavy atom. The first-order chi connectivity index (χ1) is 14.2. The van der Waals surface area contributed by atoms with E-state index in [1.807, 2.05) is 0 Å². The van der Waals surface area contributed by atoms with Crippen molar-refractivity contribution in [3.8, 4) is 0 Å². The van der Waals surface area contributed by atoms with Gasteiger partial charge in [0.15, 0.2) is 0 Å². The Morgan fingerprint density at radius 1 is 0.933 bits per heavy atom. The van der Waals surface area contributed by atoms with Crippen molar-refractivity contribution >= 4 is 23.9 Å². The summed E-state index contributed by atoms with van der Waals surface area (Å²) in [6.07, 6.45) is 0.455. The molecule has 0 aliphatic carbocycles. The fourth-order valence-corrected chi connectivity index (χ4v) is 3.25. The molecule has 2 amide bonds. The maximum atomic E-state index is 12.6. The second kappa shape index (κ2) is 9.95. The largest absolute Gasteiger partial charge is 0.463 e. The van der Waals surface area contributed by atoms with Crippen LogP contribution in [0, 0.1) is 13.8 Å². The Labute approximate surface area is 174 Å². The van der Waals surface area contributed by atoms with E-state index in [0.29, 0.717) is 17.7 Å². The number of carbonyl (C=O) groups is 4. The van der Waals surface area contributed by atoms with Crippen molar-refractivity contribution in [1.29, 1.82) is 0 Å². The lowest BCUT2D eigenvalue weighted by molar-refractivity contribution is -0.139. The van der Waals surface area contributed by atoms with Crippen molar-refractivity contribution in [2.45, 2.75) is 47.1 Å². The van der Waals surface area contributed by atoms with Gasteiger partial charge in [0.2, 0.25) is 0 Å². The zero-order valence-corrected chi connectivity index (χ0v) is 17.8. The molecule has 0 bridgehead atoms. The highest BCUT2D eigenvalue weighted by molar-refractivity contribution is 5.99. The van der Waals surface area contributed by atoms with Crippen LogP contribution in [0.25, 0.3) is 0 Å². The highest BCUT2D eigenvalue weighted by atomic mass is 16.5. The number of urea groups is 1. The first-order valence-corrected chi connectivity index (χ1v) is 9.76. The molecule has 30 heavy (non-hydrogen) atoms. The van der Waals surface area contributed by atoms with Crippen LogP contribution in [0.4, 0.5) is 4.79 Å². The van der Waals surface area contributed by atoms with Gasteiger partial charge in [-0.15, -0.1) is 0 Å². The Balaban J connectivity index is 2.26. The van der Waals surface area contributed by atoms with Crippen LogP contribution in [-0.4, -0.2) is 54.8 Å². The van der Waals surface area contributed by atoms with Gasteiger partial charge >= 0.3 is 23.9 Å². The molecular weight excluding hydrogens is 394 g/mol. The number of nitrogens with one attached hydrogen (secondary N) is 3. The lowest BCUT2D eigenvalue weighted by Gasteiger charge is -2.28. The van der Waals surface area contributed by atoms with Crippen LogP contribution < -0.4 is 10.6 Å². The lowest BCUT2D eigenvalue weighted by Crippen LogP contribution is -2.51. The molecule has 1 aromatic heterocycles. The number of esters is 3. The third-order valence-corrected chi connectivity index (χ3v) is 4.62. The molecular formula is C20H27N3O7. The van der Waals surface area contributed by atoms with Crippen LogP contribution in [-0.2, 0) is 19.0 Å². The van der Waals surface area contributed by atoms with Crippen LogP contribution in [0.3, 0.4) is 0 Å². The molecule has 2 heterocycles. The van der Waals surface area contributed by atoms with E-state index in [2.05, 4.69) is 15.6 Å². The Morgan fingerprint density at radius 2 is 1.57 bits per heavy atom. The normalized spacial score (nSPS) is 15.9. The number of ether oxygens (including phenoxy) is 3. The van der Waals surface area contributed by atoms with Crippen molar-refractivity contribution in [3.05, 3.63) is 33.8 Å². The summed E-state index contributed by atoms with van der Waals surface area (Å²) in [7, 11) is 0. The number of aryl methyl sites for hydroxylation is 1. The van der Waals surface area contributed by atoms with Gasteiger partial charge in [-0.05, 0) is 39.7 Å². The van der Waals surface area contributed by atoms with Crippen LogP contribution in [0.2, 0.25) is 0 Å². The molecule has 0 unspecified atom stereocenters. The van der Waals surface area contributed by atoms with Gasteiger partial charge in [-0.3, -0.25) is 0 Å². The summed E-state index contributed by atoms with van der Waals surface area (Å²) in [6.45, 7) is 8.45. The topological polar surface area (TPSA) is 136 Å². The quantitative estimate of drug-likeness (QED) is 0.431. The molecule has 0 fully saturated rings. The van der Waals surface area contributed by atoms with E-state index < -0.39 is 30.0 Å². The van der Waals surface area contributed by atoms with Crippen molar-refractivity contribution in [2.75, 3.05) is 19.8 Å². The Bertz CT molecular complexity index is 885. The van der Waals surface area contributed by atoms with Gasteiger partial charge in [-0.1, -0.05) is 6.92 Å². The molecule has 10 heteroatoms. The van der Waals surface area contributed by atoms with E-state index in [9.17, 15) is 19.2 Å². The Kier molecular flexibility index (Phi) is 7.62. The summed E-state index contributed by atoms with van der Waals surface area (Å²) < 4.78 is 15.4. The smallest absolute Gasteiger partial charge is 0.355 e. The summed E-state index contributed by atoms with van der Waals surface area (Å²) in [6, 6.07) is -1.06. The number of carbonyl (C=O) groups excluding carboxylic acids is 4. The average Bonchev–Trinajstić information content (AvgIpc) is 2.99. The Hall–Kier alpha value is -3.30. The van der Waals surface area contributed by atoms with Gasteiger partial charge in [0, 0.05) is 5.69 Å². The minimum Gasteiger partial charge on any atom is -0.463 e. The van der Waals surface area contributed by atoms with Crippen LogP contribution >= 0.6 is 0 Å². The molecule has 0 aromatic carbocycles. The molecule has 1 aliphatic heterocycles. The zero-order chi connectivity index (χ0) is 22.4. The van der Waals surface area contributed by atoms with Gasteiger partial charge in [-0.25, -0.2) is 19.2 Å². The number of rotatable bonds is 8. The number of hydrogen-bond acceptors (Lipinski definition) is 7. The molecule has 164 valence electrons. The fraction of sp³-hybridized carbons (Fsp3) is 0.500. The first-order valence-electron chi connectivity index (χ1n) is 9.76. The highest BCUT2D eigenvalue weighted by Gasteiger charge is 2.32. The second-order valence-electron chi connectivity index (χ2n) is 6.59. The molecule has 2 rings (SSSR count). The van der Waals surface area contributed by atoms with Gasteiger partial charge in [-0.2, -0.15) is 0 Å². The first kappa shape index (κ1) is 23.0. The number of aromatic amines is 1. The molecule has 0 radical (unpaired) electrons. The maximum absolute atomic E-state index is 12.6.